The maximum atomic E-state index is 13.5. The third kappa shape index (κ3) is 4.79. The van der Waals surface area contributed by atoms with Crippen LogP contribution in [0, 0.1) is 11.7 Å². The third-order valence-corrected chi connectivity index (χ3v) is 3.55. The van der Waals surface area contributed by atoms with Crippen LogP contribution < -0.4 is 9.47 Å². The lowest BCUT2D eigenvalue weighted by molar-refractivity contribution is 0.0573. The summed E-state index contributed by atoms with van der Waals surface area (Å²) in [6.45, 7) is -12.4. The van der Waals surface area contributed by atoms with E-state index in [1.165, 1.54) is 0 Å². The second-order valence-corrected chi connectivity index (χ2v) is 5.25. The van der Waals surface area contributed by atoms with Crippen molar-refractivity contribution in [2.24, 2.45) is 5.89 Å². The Labute approximate surface area is 187 Å². The van der Waals surface area contributed by atoms with Crippen molar-refractivity contribution in [1.29, 1.82) is 0 Å². The fraction of sp³-hybridized carbons (Fsp3) is 0.455. The number of ether oxygens (including phenoxy) is 2. The molecule has 4 nitrogen and oxygen atoms in total. The predicted molar refractivity (Wildman–Crippen MR) is 104 cm³/mol. The van der Waals surface area contributed by atoms with Gasteiger partial charge in [0.15, 0.2) is 11.5 Å². The van der Waals surface area contributed by atoms with E-state index >= 15 is 0 Å². The third-order valence-electron chi connectivity index (χ3n) is 3.55. The Morgan fingerprint density at radius 1 is 1.26 bits per heavy atom. The number of halogens is 1. The Hall–Kier alpha value is -2.11. The van der Waals surface area contributed by atoms with Crippen molar-refractivity contribution in [2.45, 2.75) is 25.2 Å². The summed E-state index contributed by atoms with van der Waals surface area (Å²) in [5.74, 6) is -7.05. The van der Waals surface area contributed by atoms with Crippen LogP contribution in [-0.2, 0) is 6.37 Å². The zero-order chi connectivity index (χ0) is 35.9. The van der Waals surface area contributed by atoms with Crippen molar-refractivity contribution < 1.29 is 45.0 Å². The van der Waals surface area contributed by atoms with Crippen molar-refractivity contribution in [2.75, 3.05) is 33.6 Å². The molecule has 0 amide bonds. The number of piperidine rings is 1. The standard InChI is InChI=1S/C22H28FNO3/c1-26-20-5-3-4-19(22(20)27-2)21(25)17-11-14-24(15-12-17)13-10-16-6-8-18(23)9-7-16/h3-9,17,21,25H,10-15H2,1-2H3/i1D3,2D3,10D2,11D2,12D2,13D2,14D2,15D2,17D. The minimum Gasteiger partial charge on any atom is -0.493 e. The molecule has 1 aliphatic heterocycles. The molecule has 1 fully saturated rings. The largest absolute Gasteiger partial charge is 0.493 e. The number of nitrogens with zero attached hydrogens (tertiary/aromatic N) is 1. The van der Waals surface area contributed by atoms with Crippen molar-refractivity contribution in [3.05, 3.63) is 59.4 Å². The van der Waals surface area contributed by atoms with E-state index in [0.29, 0.717) is 0 Å². The lowest BCUT2D eigenvalue weighted by atomic mass is 9.87. The number of aliphatic hydroxyl groups excluding tert-OH is 1. The first-order valence-electron chi connectivity index (χ1n) is 17.1. The first-order chi connectivity index (χ1) is 20.3. The van der Waals surface area contributed by atoms with Crippen molar-refractivity contribution in [3.63, 3.8) is 0 Å². The van der Waals surface area contributed by atoms with Gasteiger partial charge in [-0.15, -0.1) is 0 Å². The van der Waals surface area contributed by atoms with Crippen LogP contribution in [0.15, 0.2) is 42.5 Å². The zero-order valence-corrected chi connectivity index (χ0v) is 13.7. The van der Waals surface area contributed by atoms with Gasteiger partial charge in [-0.05, 0) is 61.8 Å². The first kappa shape index (κ1) is 6.75. The van der Waals surface area contributed by atoms with Gasteiger partial charge in [0.1, 0.15) is 5.82 Å². The van der Waals surface area contributed by atoms with Gasteiger partial charge >= 0.3 is 0 Å². The Kier molecular flexibility index (Phi) is 2.30. The predicted octanol–water partition coefficient (Wildman–Crippen LogP) is 3.83. The molecule has 1 unspecified atom stereocenters. The number of hydrogen-bond donors (Lipinski definition) is 1. The average Bonchev–Trinajstić information content (AvgIpc) is 2.85. The van der Waals surface area contributed by atoms with Crippen LogP contribution in [0.2, 0.25) is 0 Å². The quantitative estimate of drug-likeness (QED) is 0.778. The van der Waals surface area contributed by atoms with Gasteiger partial charge in [-0.2, -0.15) is 0 Å². The van der Waals surface area contributed by atoms with Gasteiger partial charge < -0.3 is 19.5 Å². The van der Waals surface area contributed by atoms with E-state index in [1.807, 2.05) is 0 Å². The van der Waals surface area contributed by atoms with E-state index in [1.54, 1.807) is 0 Å². The number of para-hydroxylation sites is 1. The van der Waals surface area contributed by atoms with Crippen LogP contribution in [0.3, 0.4) is 0 Å². The molecule has 3 rings (SSSR count). The highest BCUT2D eigenvalue weighted by Crippen LogP contribution is 2.39. The molecular formula is C22H28FNO3. The van der Waals surface area contributed by atoms with E-state index in [-0.39, 0.29) is 0 Å². The Bertz CT molecular complexity index is 1410. The summed E-state index contributed by atoms with van der Waals surface area (Å²) in [5, 5.41) is 11.5. The van der Waals surface area contributed by atoms with E-state index in [2.05, 4.69) is 0 Å². The first-order valence-corrected chi connectivity index (χ1v) is 7.58. The molecule has 27 heavy (non-hydrogen) atoms. The van der Waals surface area contributed by atoms with Crippen LogP contribution in [0.1, 0.15) is 56.0 Å². The van der Waals surface area contributed by atoms with Crippen LogP contribution >= 0.6 is 0 Å². The molecule has 2 aromatic carbocycles. The number of methoxy groups -OCH3 is 2. The van der Waals surface area contributed by atoms with Crippen LogP contribution in [0.4, 0.5) is 4.39 Å². The number of likely N-dealkylation sites (tertiary alicyclic amines) is 1. The monoisotopic (exact) mass is 392 g/mol. The van der Waals surface area contributed by atoms with Gasteiger partial charge in [0, 0.05) is 29.9 Å². The second-order valence-electron chi connectivity index (χ2n) is 5.25. The molecule has 1 saturated heterocycles. The maximum Gasteiger partial charge on any atom is 0.166 e. The highest BCUT2D eigenvalue weighted by atomic mass is 19.1. The second kappa shape index (κ2) is 9.20. The molecule has 2 aromatic rings. The molecule has 0 spiro atoms. The summed E-state index contributed by atoms with van der Waals surface area (Å²) >= 11 is 0. The molecular weight excluding hydrogens is 345 g/mol. The van der Waals surface area contributed by atoms with E-state index in [0.717, 1.165) is 42.5 Å². The van der Waals surface area contributed by atoms with E-state index in [9.17, 15) is 9.50 Å². The minimum absolute atomic E-state index is 0.674. The zero-order valence-electron chi connectivity index (χ0n) is 32.7. The number of rotatable bonds is 7. The van der Waals surface area contributed by atoms with Crippen LogP contribution in [0.25, 0.3) is 0 Å². The lowest BCUT2D eigenvalue weighted by Gasteiger charge is -2.34. The van der Waals surface area contributed by atoms with Gasteiger partial charge in [-0.1, -0.05) is 24.3 Å². The number of hydrogen-bond acceptors (Lipinski definition) is 4. The molecule has 5 heteroatoms. The molecule has 0 radical (unpaired) electrons. The van der Waals surface area contributed by atoms with Crippen molar-refractivity contribution >= 4 is 0 Å². The molecule has 1 aliphatic rings. The minimum atomic E-state index is -4.22. The normalized spacial score (nSPS) is 37.9. The average molecular weight is 393 g/mol. The van der Waals surface area contributed by atoms with Gasteiger partial charge in [-0.25, -0.2) is 4.39 Å². The summed E-state index contributed by atoms with van der Waals surface area (Å²) in [4.78, 5) is -0.704. The van der Waals surface area contributed by atoms with Crippen LogP contribution in [-0.4, -0.2) is 43.6 Å². The topological polar surface area (TPSA) is 41.9 Å². The van der Waals surface area contributed by atoms with Gasteiger partial charge in [0.25, 0.3) is 0 Å². The lowest BCUT2D eigenvalue weighted by Crippen LogP contribution is -2.36. The summed E-state index contributed by atoms with van der Waals surface area (Å²) in [5.41, 5.74) is -1.71. The van der Waals surface area contributed by atoms with Gasteiger partial charge in [-0.3, -0.25) is 0 Å². The molecule has 0 bridgehead atoms. The summed E-state index contributed by atoms with van der Waals surface area (Å²) in [7, 11) is -6.70. The summed E-state index contributed by atoms with van der Waals surface area (Å²) < 4.78 is 180. The molecule has 0 saturated carbocycles. The van der Waals surface area contributed by atoms with E-state index < -0.39 is 98.0 Å². The number of benzene rings is 2. The Balaban J connectivity index is 2.34. The van der Waals surface area contributed by atoms with E-state index in [4.69, 9.17) is 35.5 Å². The molecule has 1 N–H and O–H groups in total. The Morgan fingerprint density at radius 3 is 2.70 bits per heavy atom. The maximum absolute atomic E-state index is 13.5. The SMILES string of the molecule is [2H]C([2H])([2H])Oc1cccc(C(O)C2([2H])C([2H])([2H])C([2H])([2H])N(C([2H])([2H])C([2H])([2H])c3ccc(F)cc3)C([2H])([2H])C2([2H])[2H])c1OC([2H])([2H])[2H]. The fourth-order valence-corrected chi connectivity index (χ4v) is 2.23. The van der Waals surface area contributed by atoms with Gasteiger partial charge in [0.2, 0.25) is 0 Å². The van der Waals surface area contributed by atoms with Gasteiger partial charge in [0.05, 0.1) is 28.4 Å². The highest BCUT2D eigenvalue weighted by Gasteiger charge is 2.28. The summed E-state index contributed by atoms with van der Waals surface area (Å²) in [6, 6.07) is 5.44. The number of aryl methyl sites for hydroxylation is 1. The molecule has 146 valence electrons. The summed E-state index contributed by atoms with van der Waals surface area (Å²) in [6.07, 6.45) is -15.0. The smallest absolute Gasteiger partial charge is 0.166 e. The molecule has 0 aromatic heterocycles. The van der Waals surface area contributed by atoms with Crippen LogP contribution in [0.5, 0.6) is 11.5 Å². The fourth-order valence-electron chi connectivity index (χ4n) is 2.23. The highest BCUT2D eigenvalue weighted by molar-refractivity contribution is 5.47. The Morgan fingerprint density at radius 2 is 2.00 bits per heavy atom. The molecule has 1 heterocycles. The number of aliphatic hydroxyl groups is 1. The van der Waals surface area contributed by atoms with Crippen molar-refractivity contribution in [3.8, 4) is 11.5 Å². The molecule has 0 aliphatic carbocycles. The molecule has 1 atom stereocenters. The van der Waals surface area contributed by atoms with Crippen molar-refractivity contribution in [1.82, 2.24) is 4.90 Å².